The highest BCUT2D eigenvalue weighted by atomic mass is 16.2. The minimum absolute atomic E-state index is 0.166. The van der Waals surface area contributed by atoms with E-state index in [1.165, 1.54) is 12.0 Å². The summed E-state index contributed by atoms with van der Waals surface area (Å²) in [5, 5.41) is 8.24. The number of carbonyl (C=O) groups is 2. The summed E-state index contributed by atoms with van der Waals surface area (Å²) < 4.78 is 0. The van der Waals surface area contributed by atoms with Crippen molar-refractivity contribution in [3.05, 3.63) is 11.6 Å². The maximum atomic E-state index is 12.7. The SMILES string of the molecule is CC1(C)[C@@H]2CC=C(/C=N\N3C(=O)NC4(CCCCC4)C3=O)[C@H]1C2. The minimum atomic E-state index is -0.686. The van der Waals surface area contributed by atoms with E-state index in [0.717, 1.165) is 49.5 Å². The molecule has 5 aliphatic rings. The van der Waals surface area contributed by atoms with E-state index in [0.29, 0.717) is 11.3 Å². The van der Waals surface area contributed by atoms with Gasteiger partial charge in [-0.05, 0) is 48.5 Å². The quantitative estimate of drug-likeness (QED) is 0.628. The number of hydrogen-bond acceptors (Lipinski definition) is 3. The molecule has 2 saturated carbocycles. The molecule has 0 aromatic rings. The molecule has 124 valence electrons. The predicted molar refractivity (Wildman–Crippen MR) is 87.8 cm³/mol. The number of hydrogen-bond donors (Lipinski definition) is 1. The smallest absolute Gasteiger partial charge is 0.321 e. The van der Waals surface area contributed by atoms with E-state index in [2.05, 4.69) is 30.3 Å². The van der Waals surface area contributed by atoms with Crippen molar-refractivity contribution in [2.45, 2.75) is 64.3 Å². The molecule has 0 aromatic heterocycles. The van der Waals surface area contributed by atoms with Crippen LogP contribution >= 0.6 is 0 Å². The lowest BCUT2D eigenvalue weighted by Gasteiger charge is -2.55. The average molecular weight is 315 g/mol. The highest BCUT2D eigenvalue weighted by Gasteiger charge is 2.53. The first-order valence-electron chi connectivity index (χ1n) is 8.85. The van der Waals surface area contributed by atoms with E-state index in [-0.39, 0.29) is 11.9 Å². The van der Waals surface area contributed by atoms with Crippen molar-refractivity contribution in [3.63, 3.8) is 0 Å². The fourth-order valence-corrected chi connectivity index (χ4v) is 4.87. The lowest BCUT2D eigenvalue weighted by molar-refractivity contribution is -0.132. The van der Waals surface area contributed by atoms with Crippen LogP contribution in [-0.2, 0) is 4.79 Å². The molecular weight excluding hydrogens is 290 g/mol. The summed E-state index contributed by atoms with van der Waals surface area (Å²) in [6.07, 6.45) is 10.9. The van der Waals surface area contributed by atoms with Gasteiger partial charge in [-0.15, -0.1) is 5.01 Å². The van der Waals surface area contributed by atoms with Gasteiger partial charge in [-0.25, -0.2) is 4.79 Å². The van der Waals surface area contributed by atoms with Gasteiger partial charge in [-0.3, -0.25) is 4.79 Å². The van der Waals surface area contributed by atoms with Crippen molar-refractivity contribution in [1.82, 2.24) is 10.3 Å². The molecule has 1 saturated heterocycles. The monoisotopic (exact) mass is 315 g/mol. The summed E-state index contributed by atoms with van der Waals surface area (Å²) in [6, 6.07) is -0.365. The number of fused-ring (bicyclic) bond motifs is 1. The van der Waals surface area contributed by atoms with Gasteiger partial charge >= 0.3 is 6.03 Å². The van der Waals surface area contributed by atoms with E-state index in [9.17, 15) is 9.59 Å². The Balaban J connectivity index is 1.52. The number of hydrazone groups is 1. The van der Waals surface area contributed by atoms with Crippen molar-refractivity contribution in [3.8, 4) is 0 Å². The maximum absolute atomic E-state index is 12.7. The molecule has 1 spiro atoms. The lowest BCUT2D eigenvalue weighted by atomic mass is 9.49. The van der Waals surface area contributed by atoms with Crippen LogP contribution in [-0.4, -0.2) is 28.7 Å². The van der Waals surface area contributed by atoms with Gasteiger partial charge in [0, 0.05) is 0 Å². The van der Waals surface area contributed by atoms with E-state index < -0.39 is 5.54 Å². The topological polar surface area (TPSA) is 61.8 Å². The number of imide groups is 1. The Morgan fingerprint density at radius 1 is 1.26 bits per heavy atom. The Hall–Kier alpha value is -1.65. The molecule has 3 amide bonds. The molecule has 3 fully saturated rings. The third-order valence-corrected chi connectivity index (χ3v) is 6.68. The molecule has 0 unspecified atom stereocenters. The highest BCUT2D eigenvalue weighted by Crippen LogP contribution is 2.58. The minimum Gasteiger partial charge on any atom is -0.321 e. The standard InChI is InChI=1S/C18H25N3O2/c1-17(2)13-7-6-12(14(17)10-13)11-19-21-15(22)18(20-16(21)23)8-4-3-5-9-18/h6,11,13-14H,3-5,7-10H2,1-2H3,(H,20,23)/b19-11-/t13-,14-/m1/s1. The highest BCUT2D eigenvalue weighted by molar-refractivity contribution is 6.07. The maximum Gasteiger partial charge on any atom is 0.346 e. The number of urea groups is 1. The summed E-state index contributed by atoms with van der Waals surface area (Å²) in [5.41, 5.74) is 0.814. The van der Waals surface area contributed by atoms with Gasteiger partial charge < -0.3 is 5.32 Å². The van der Waals surface area contributed by atoms with Gasteiger partial charge in [-0.2, -0.15) is 5.10 Å². The van der Waals surface area contributed by atoms with Crippen LogP contribution in [0.4, 0.5) is 4.79 Å². The van der Waals surface area contributed by atoms with Crippen LogP contribution in [0, 0.1) is 17.3 Å². The van der Waals surface area contributed by atoms with Crippen molar-refractivity contribution >= 4 is 18.2 Å². The molecule has 5 nitrogen and oxygen atoms in total. The van der Waals surface area contributed by atoms with Crippen LogP contribution in [0.2, 0.25) is 0 Å². The fourth-order valence-electron chi connectivity index (χ4n) is 4.87. The zero-order valence-electron chi connectivity index (χ0n) is 14.0. The van der Waals surface area contributed by atoms with Crippen LogP contribution in [0.3, 0.4) is 0 Å². The molecule has 1 N–H and O–H groups in total. The van der Waals surface area contributed by atoms with Gasteiger partial charge in [0.2, 0.25) is 0 Å². The summed E-state index contributed by atoms with van der Waals surface area (Å²) in [6.45, 7) is 4.61. The van der Waals surface area contributed by atoms with Crippen molar-refractivity contribution in [1.29, 1.82) is 0 Å². The summed E-state index contributed by atoms with van der Waals surface area (Å²) >= 11 is 0. The number of nitrogens with one attached hydrogen (secondary N) is 1. The van der Waals surface area contributed by atoms with Crippen molar-refractivity contribution in [2.24, 2.45) is 22.4 Å². The molecule has 23 heavy (non-hydrogen) atoms. The van der Waals surface area contributed by atoms with Crippen LogP contribution in [0.25, 0.3) is 0 Å². The third-order valence-electron chi connectivity index (χ3n) is 6.68. The molecule has 1 heterocycles. The summed E-state index contributed by atoms with van der Waals surface area (Å²) in [4.78, 5) is 24.9. The normalized spacial score (nSPS) is 34.5. The Morgan fingerprint density at radius 2 is 2.00 bits per heavy atom. The van der Waals surface area contributed by atoms with Gasteiger partial charge in [0.05, 0.1) is 6.21 Å². The molecule has 4 aliphatic carbocycles. The lowest BCUT2D eigenvalue weighted by Crippen LogP contribution is -2.48. The van der Waals surface area contributed by atoms with E-state index in [1.807, 2.05) is 0 Å². The second kappa shape index (κ2) is 4.92. The number of carbonyl (C=O) groups excluding carboxylic acids is 2. The molecule has 0 radical (unpaired) electrons. The van der Waals surface area contributed by atoms with Gasteiger partial charge in [0.15, 0.2) is 0 Å². The Bertz CT molecular complexity index is 614. The zero-order valence-corrected chi connectivity index (χ0v) is 14.0. The molecule has 1 aliphatic heterocycles. The molecule has 0 aromatic carbocycles. The van der Waals surface area contributed by atoms with Crippen LogP contribution in [0.5, 0.6) is 0 Å². The molecule has 5 heteroatoms. The van der Waals surface area contributed by atoms with Gasteiger partial charge in [0.25, 0.3) is 5.91 Å². The first-order chi connectivity index (χ1) is 10.9. The van der Waals surface area contributed by atoms with E-state index in [4.69, 9.17) is 0 Å². The second-order valence-electron chi connectivity index (χ2n) is 8.18. The third kappa shape index (κ3) is 2.08. The first kappa shape index (κ1) is 14.9. The van der Waals surface area contributed by atoms with Gasteiger partial charge in [0.1, 0.15) is 5.54 Å². The average Bonchev–Trinajstić information content (AvgIpc) is 2.76. The molecule has 2 atom stereocenters. The van der Waals surface area contributed by atoms with Crippen molar-refractivity contribution in [2.75, 3.05) is 0 Å². The van der Waals surface area contributed by atoms with Crippen molar-refractivity contribution < 1.29 is 9.59 Å². The summed E-state index contributed by atoms with van der Waals surface area (Å²) in [5.74, 6) is 1.11. The Morgan fingerprint density at radius 3 is 2.65 bits per heavy atom. The number of amides is 3. The number of rotatable bonds is 2. The van der Waals surface area contributed by atoms with E-state index in [1.54, 1.807) is 6.21 Å². The fraction of sp³-hybridized carbons (Fsp3) is 0.722. The largest absolute Gasteiger partial charge is 0.346 e. The molecular formula is C18H25N3O2. The van der Waals surface area contributed by atoms with Crippen LogP contribution < -0.4 is 5.32 Å². The second-order valence-corrected chi connectivity index (χ2v) is 8.18. The Labute approximate surface area is 137 Å². The van der Waals surface area contributed by atoms with Gasteiger partial charge in [-0.1, -0.05) is 39.2 Å². The Kier molecular flexibility index (Phi) is 3.19. The van der Waals surface area contributed by atoms with Crippen LogP contribution in [0.15, 0.2) is 16.8 Å². The zero-order chi connectivity index (χ0) is 16.2. The first-order valence-corrected chi connectivity index (χ1v) is 8.85. The number of nitrogens with zero attached hydrogens (tertiary/aromatic N) is 2. The molecule has 2 bridgehead atoms. The summed E-state index contributed by atoms with van der Waals surface area (Å²) in [7, 11) is 0. The van der Waals surface area contributed by atoms with Crippen LogP contribution in [0.1, 0.15) is 58.8 Å². The molecule has 5 rings (SSSR count). The predicted octanol–water partition coefficient (Wildman–Crippen LogP) is 3.22. The number of allylic oxidation sites excluding steroid dienone is 2. The van der Waals surface area contributed by atoms with E-state index >= 15 is 0 Å².